The van der Waals surface area contributed by atoms with E-state index in [9.17, 15) is 0 Å². The molecule has 2 N–H and O–H groups in total. The molecule has 0 spiro atoms. The highest BCUT2D eigenvalue weighted by Crippen LogP contribution is 2.28. The van der Waals surface area contributed by atoms with Gasteiger partial charge in [-0.2, -0.15) is 0 Å². The number of ether oxygens (including phenoxy) is 3. The van der Waals surface area contributed by atoms with Gasteiger partial charge in [0.25, 0.3) is 0 Å². The average Bonchev–Trinajstić information content (AvgIpc) is 2.56. The highest BCUT2D eigenvalue weighted by Gasteiger charge is 2.13. The Balaban J connectivity index is 0.000000745. The quantitative estimate of drug-likeness (QED) is 0.873. The van der Waals surface area contributed by atoms with Crippen LogP contribution in [0.4, 0.5) is 0 Å². The molecule has 0 radical (unpaired) electrons. The van der Waals surface area contributed by atoms with Crippen molar-refractivity contribution >= 4 is 0 Å². The summed E-state index contributed by atoms with van der Waals surface area (Å²) in [5.74, 6) is 1.57. The third-order valence-corrected chi connectivity index (χ3v) is 3.74. The van der Waals surface area contributed by atoms with E-state index in [4.69, 9.17) is 19.9 Å². The Bertz CT molecular complexity index is 403. The lowest BCUT2D eigenvalue weighted by atomic mass is 9.98. The Labute approximate surface area is 134 Å². The molecular formula is C18H31NO3. The summed E-state index contributed by atoms with van der Waals surface area (Å²) >= 11 is 0. The molecule has 0 aromatic heterocycles. The van der Waals surface area contributed by atoms with E-state index < -0.39 is 0 Å². The van der Waals surface area contributed by atoms with E-state index in [0.29, 0.717) is 6.10 Å². The maximum Gasteiger partial charge on any atom is 0.160 e. The summed E-state index contributed by atoms with van der Waals surface area (Å²) in [7, 11) is 3.32. The molecule has 126 valence electrons. The molecule has 2 rings (SSSR count). The van der Waals surface area contributed by atoms with Crippen molar-refractivity contribution in [3.63, 3.8) is 0 Å². The van der Waals surface area contributed by atoms with Gasteiger partial charge in [0.15, 0.2) is 11.5 Å². The lowest BCUT2D eigenvalue weighted by Gasteiger charge is -2.22. The highest BCUT2D eigenvalue weighted by molar-refractivity contribution is 5.42. The number of benzene rings is 1. The summed E-state index contributed by atoms with van der Waals surface area (Å²) in [5, 5.41) is 0. The number of methoxy groups -OCH3 is 2. The van der Waals surface area contributed by atoms with E-state index in [2.05, 4.69) is 6.07 Å². The second-order valence-electron chi connectivity index (χ2n) is 5.48. The number of hydrogen-bond donors (Lipinski definition) is 1. The Morgan fingerprint density at radius 1 is 1.05 bits per heavy atom. The molecule has 0 heterocycles. The minimum atomic E-state index is 0.480. The van der Waals surface area contributed by atoms with Crippen LogP contribution >= 0.6 is 0 Å². The summed E-state index contributed by atoms with van der Waals surface area (Å²) in [6, 6.07) is 6.06. The normalized spacial score (nSPS) is 14.9. The SMILES string of the molecule is CCN.COc1ccc(CCOC2CCCCC2)cc1OC. The van der Waals surface area contributed by atoms with Crippen molar-refractivity contribution in [3.8, 4) is 11.5 Å². The first kappa shape index (κ1) is 18.8. The number of rotatable bonds is 6. The van der Waals surface area contributed by atoms with Crippen LogP contribution in [0, 0.1) is 0 Å². The Hall–Kier alpha value is -1.26. The first-order valence-electron chi connectivity index (χ1n) is 8.27. The molecule has 1 aliphatic rings. The molecule has 1 saturated carbocycles. The molecule has 1 fully saturated rings. The molecule has 4 heteroatoms. The van der Waals surface area contributed by atoms with Crippen molar-refractivity contribution in [2.24, 2.45) is 5.73 Å². The molecule has 1 aliphatic carbocycles. The molecule has 0 saturated heterocycles. The molecule has 0 atom stereocenters. The third kappa shape index (κ3) is 6.67. The van der Waals surface area contributed by atoms with E-state index in [1.165, 1.54) is 37.7 Å². The largest absolute Gasteiger partial charge is 0.493 e. The van der Waals surface area contributed by atoms with Crippen molar-refractivity contribution in [1.82, 2.24) is 0 Å². The van der Waals surface area contributed by atoms with Gasteiger partial charge in [0.05, 0.1) is 26.9 Å². The van der Waals surface area contributed by atoms with Crippen molar-refractivity contribution < 1.29 is 14.2 Å². The van der Waals surface area contributed by atoms with Crippen LogP contribution in [0.3, 0.4) is 0 Å². The summed E-state index contributed by atoms with van der Waals surface area (Å²) < 4.78 is 16.5. The van der Waals surface area contributed by atoms with Gasteiger partial charge < -0.3 is 19.9 Å². The van der Waals surface area contributed by atoms with E-state index in [1.54, 1.807) is 14.2 Å². The molecular weight excluding hydrogens is 278 g/mol. The number of hydrogen-bond acceptors (Lipinski definition) is 4. The second-order valence-corrected chi connectivity index (χ2v) is 5.48. The summed E-state index contributed by atoms with van der Waals surface area (Å²) in [6.07, 6.45) is 7.88. The molecule has 4 nitrogen and oxygen atoms in total. The highest BCUT2D eigenvalue weighted by atomic mass is 16.5. The first-order valence-corrected chi connectivity index (χ1v) is 8.27. The van der Waals surface area contributed by atoms with Crippen LogP contribution < -0.4 is 15.2 Å². The Morgan fingerprint density at radius 3 is 2.27 bits per heavy atom. The molecule has 0 bridgehead atoms. The van der Waals surface area contributed by atoms with Crippen molar-refractivity contribution in [2.75, 3.05) is 27.4 Å². The van der Waals surface area contributed by atoms with E-state index in [0.717, 1.165) is 31.1 Å². The maximum absolute atomic E-state index is 5.94. The Morgan fingerprint density at radius 2 is 1.68 bits per heavy atom. The van der Waals surface area contributed by atoms with E-state index in [-0.39, 0.29) is 0 Å². The van der Waals surface area contributed by atoms with Gasteiger partial charge in [-0.1, -0.05) is 32.3 Å². The fourth-order valence-electron chi connectivity index (χ4n) is 2.61. The molecule has 0 unspecified atom stereocenters. The zero-order valence-corrected chi connectivity index (χ0v) is 14.3. The maximum atomic E-state index is 5.94. The van der Waals surface area contributed by atoms with Gasteiger partial charge in [-0.25, -0.2) is 0 Å². The topological polar surface area (TPSA) is 53.7 Å². The lowest BCUT2D eigenvalue weighted by molar-refractivity contribution is 0.0303. The zero-order valence-electron chi connectivity index (χ0n) is 14.3. The smallest absolute Gasteiger partial charge is 0.160 e. The van der Waals surface area contributed by atoms with Gasteiger partial charge in [0.2, 0.25) is 0 Å². The molecule has 0 amide bonds. The third-order valence-electron chi connectivity index (χ3n) is 3.74. The van der Waals surface area contributed by atoms with Crippen LogP contribution in [0.1, 0.15) is 44.6 Å². The standard InChI is InChI=1S/C16H24O3.C2H7N/c1-17-15-9-8-13(12-16(15)18-2)10-11-19-14-6-4-3-5-7-14;1-2-3/h8-9,12,14H,3-7,10-11H2,1-2H3;2-3H2,1H3. The van der Waals surface area contributed by atoms with Gasteiger partial charge >= 0.3 is 0 Å². The number of nitrogens with two attached hydrogens (primary N) is 1. The minimum absolute atomic E-state index is 0.480. The molecule has 0 aliphatic heterocycles. The molecule has 22 heavy (non-hydrogen) atoms. The van der Waals surface area contributed by atoms with Gasteiger partial charge in [0.1, 0.15) is 0 Å². The fourth-order valence-corrected chi connectivity index (χ4v) is 2.61. The minimum Gasteiger partial charge on any atom is -0.493 e. The van der Waals surface area contributed by atoms with Gasteiger partial charge in [-0.05, 0) is 43.5 Å². The van der Waals surface area contributed by atoms with Crippen LogP contribution in [0.2, 0.25) is 0 Å². The first-order chi connectivity index (χ1) is 10.7. The zero-order chi connectivity index (χ0) is 16.2. The van der Waals surface area contributed by atoms with Gasteiger partial charge in [-0.3, -0.25) is 0 Å². The van der Waals surface area contributed by atoms with Crippen molar-refractivity contribution in [2.45, 2.75) is 51.6 Å². The van der Waals surface area contributed by atoms with Crippen LogP contribution in [0.15, 0.2) is 18.2 Å². The monoisotopic (exact) mass is 309 g/mol. The van der Waals surface area contributed by atoms with Crippen molar-refractivity contribution in [1.29, 1.82) is 0 Å². The van der Waals surface area contributed by atoms with Crippen LogP contribution in [-0.2, 0) is 11.2 Å². The fraction of sp³-hybridized carbons (Fsp3) is 0.667. The van der Waals surface area contributed by atoms with Crippen molar-refractivity contribution in [3.05, 3.63) is 23.8 Å². The predicted molar refractivity (Wildman–Crippen MR) is 90.8 cm³/mol. The van der Waals surface area contributed by atoms with Gasteiger partial charge in [0, 0.05) is 0 Å². The van der Waals surface area contributed by atoms with Crippen LogP contribution in [0.5, 0.6) is 11.5 Å². The summed E-state index contributed by atoms with van der Waals surface area (Å²) in [6.45, 7) is 3.44. The van der Waals surface area contributed by atoms with Crippen LogP contribution in [-0.4, -0.2) is 33.5 Å². The van der Waals surface area contributed by atoms with E-state index in [1.807, 2.05) is 19.1 Å². The summed E-state index contributed by atoms with van der Waals surface area (Å²) in [5.41, 5.74) is 6.08. The second kappa shape index (κ2) is 11.3. The lowest BCUT2D eigenvalue weighted by Crippen LogP contribution is -2.17. The molecule has 1 aromatic carbocycles. The van der Waals surface area contributed by atoms with Crippen LogP contribution in [0.25, 0.3) is 0 Å². The van der Waals surface area contributed by atoms with Gasteiger partial charge in [-0.15, -0.1) is 0 Å². The molecule has 1 aromatic rings. The average molecular weight is 309 g/mol. The predicted octanol–water partition coefficient (Wildman–Crippen LogP) is 3.56. The summed E-state index contributed by atoms with van der Waals surface area (Å²) in [4.78, 5) is 0. The van der Waals surface area contributed by atoms with E-state index >= 15 is 0 Å². The Kier molecular flexibility index (Phi) is 9.67.